The van der Waals surface area contributed by atoms with Crippen molar-refractivity contribution in [3.63, 3.8) is 0 Å². The third-order valence-electron chi connectivity index (χ3n) is 3.84. The maximum atomic E-state index is 12.6. The van der Waals surface area contributed by atoms with Crippen LogP contribution in [0, 0.1) is 0 Å². The molecule has 1 aliphatic rings. The predicted octanol–water partition coefficient (Wildman–Crippen LogP) is 3.19. The summed E-state index contributed by atoms with van der Waals surface area (Å²) in [6.07, 6.45) is 0. The maximum absolute atomic E-state index is 12.6. The van der Waals surface area contributed by atoms with E-state index in [9.17, 15) is 9.59 Å². The molecule has 0 bridgehead atoms. The van der Waals surface area contributed by atoms with Crippen molar-refractivity contribution in [3.05, 3.63) is 48.5 Å². The lowest BCUT2D eigenvalue weighted by Crippen LogP contribution is -2.39. The van der Waals surface area contributed by atoms with Gasteiger partial charge in [0.15, 0.2) is 0 Å². The number of benzene rings is 2. The van der Waals surface area contributed by atoms with Crippen LogP contribution in [0.15, 0.2) is 53.4 Å². The average Bonchev–Trinajstić information content (AvgIpc) is 2.60. The molecule has 0 saturated carbocycles. The van der Waals surface area contributed by atoms with Crippen molar-refractivity contribution in [2.24, 2.45) is 0 Å². The molecule has 0 spiro atoms. The second kappa shape index (κ2) is 6.97. The zero-order valence-corrected chi connectivity index (χ0v) is 14.4. The maximum Gasteiger partial charge on any atom is 0.248 e. The first kappa shape index (κ1) is 16.4. The highest BCUT2D eigenvalue weighted by atomic mass is 32.2. The van der Waals surface area contributed by atoms with E-state index in [0.717, 1.165) is 22.0 Å². The van der Waals surface area contributed by atoms with Crippen LogP contribution >= 0.6 is 11.8 Å². The fraction of sp³-hybridized carbons (Fsp3) is 0.222. The van der Waals surface area contributed by atoms with E-state index in [1.165, 1.54) is 11.8 Å². The summed E-state index contributed by atoms with van der Waals surface area (Å²) < 4.78 is 0. The summed E-state index contributed by atoms with van der Waals surface area (Å²) in [5, 5.41) is 6.06. The van der Waals surface area contributed by atoms with Gasteiger partial charge in [-0.1, -0.05) is 18.2 Å². The number of nitrogens with zero attached hydrogens (tertiary/aromatic N) is 1. The molecule has 6 heteroatoms. The lowest BCUT2D eigenvalue weighted by molar-refractivity contribution is -0.118. The molecular formula is C18H19N3O2S. The van der Waals surface area contributed by atoms with E-state index < -0.39 is 0 Å². The van der Waals surface area contributed by atoms with Crippen molar-refractivity contribution in [3.8, 4) is 0 Å². The number of hydrogen-bond donors (Lipinski definition) is 2. The monoisotopic (exact) mass is 341 g/mol. The topological polar surface area (TPSA) is 61.4 Å². The van der Waals surface area contributed by atoms with E-state index in [2.05, 4.69) is 10.6 Å². The number of carbonyl (C=O) groups is 2. The molecule has 1 unspecified atom stereocenters. The Labute approximate surface area is 145 Å². The molecule has 2 N–H and O–H groups in total. The summed E-state index contributed by atoms with van der Waals surface area (Å²) in [6.45, 7) is 1.83. The summed E-state index contributed by atoms with van der Waals surface area (Å²) >= 11 is 1.52. The minimum absolute atomic E-state index is 0.00224. The van der Waals surface area contributed by atoms with Crippen LogP contribution in [0.2, 0.25) is 0 Å². The highest BCUT2D eigenvalue weighted by Gasteiger charge is 2.20. The number of rotatable bonds is 4. The van der Waals surface area contributed by atoms with Gasteiger partial charge in [0.05, 0.1) is 11.4 Å². The summed E-state index contributed by atoms with van der Waals surface area (Å²) in [5.74, 6) is 0.409. The number of thioether (sulfide) groups is 1. The number of likely N-dealkylation sites (N-methyl/N-ethyl adjacent to an activating group) is 1. The Hall–Kier alpha value is -2.47. The zero-order valence-electron chi connectivity index (χ0n) is 13.6. The number of amides is 2. The highest BCUT2D eigenvalue weighted by Crippen LogP contribution is 2.33. The molecule has 0 saturated heterocycles. The molecule has 0 radical (unpaired) electrons. The first-order valence-electron chi connectivity index (χ1n) is 7.70. The lowest BCUT2D eigenvalue weighted by Gasteiger charge is -2.24. The van der Waals surface area contributed by atoms with Crippen molar-refractivity contribution < 1.29 is 9.59 Å². The van der Waals surface area contributed by atoms with Crippen LogP contribution in [-0.2, 0) is 9.59 Å². The van der Waals surface area contributed by atoms with E-state index in [-0.39, 0.29) is 17.9 Å². The van der Waals surface area contributed by atoms with Gasteiger partial charge < -0.3 is 15.5 Å². The van der Waals surface area contributed by atoms with Gasteiger partial charge in [0, 0.05) is 23.3 Å². The van der Waals surface area contributed by atoms with Gasteiger partial charge >= 0.3 is 0 Å². The van der Waals surface area contributed by atoms with Crippen LogP contribution in [0.3, 0.4) is 0 Å². The van der Waals surface area contributed by atoms with E-state index in [0.29, 0.717) is 5.75 Å². The summed E-state index contributed by atoms with van der Waals surface area (Å²) in [7, 11) is 1.76. The van der Waals surface area contributed by atoms with Crippen LogP contribution in [0.4, 0.5) is 17.1 Å². The average molecular weight is 341 g/mol. The molecule has 0 aliphatic carbocycles. The highest BCUT2D eigenvalue weighted by molar-refractivity contribution is 8.00. The molecule has 2 amide bonds. The smallest absolute Gasteiger partial charge is 0.248 e. The number of para-hydroxylation sites is 1. The zero-order chi connectivity index (χ0) is 17.1. The SMILES string of the molecule is CC(Nc1ccc2c(c1)NC(=O)CS2)C(=O)N(C)c1ccccc1. The van der Waals surface area contributed by atoms with Crippen molar-refractivity contribution in [1.82, 2.24) is 0 Å². The van der Waals surface area contributed by atoms with E-state index in [1.54, 1.807) is 11.9 Å². The molecule has 1 atom stereocenters. The molecule has 0 fully saturated rings. The minimum Gasteiger partial charge on any atom is -0.374 e. The van der Waals surface area contributed by atoms with Gasteiger partial charge in [-0.2, -0.15) is 0 Å². The molecule has 1 aliphatic heterocycles. The molecule has 2 aromatic carbocycles. The standard InChI is InChI=1S/C18H19N3O2S/c1-12(18(23)21(2)14-6-4-3-5-7-14)19-13-8-9-16-15(10-13)20-17(22)11-24-16/h3-10,12,19H,11H2,1-2H3,(H,20,22). The third-order valence-corrected chi connectivity index (χ3v) is 4.91. The quantitative estimate of drug-likeness (QED) is 0.896. The molecule has 2 aromatic rings. The summed E-state index contributed by atoms with van der Waals surface area (Å²) in [5.41, 5.74) is 2.45. The van der Waals surface area contributed by atoms with Gasteiger partial charge in [-0.15, -0.1) is 11.8 Å². The van der Waals surface area contributed by atoms with Gasteiger partial charge in [-0.25, -0.2) is 0 Å². The van der Waals surface area contributed by atoms with E-state index >= 15 is 0 Å². The molecule has 1 heterocycles. The Morgan fingerprint density at radius 2 is 2.00 bits per heavy atom. The molecule has 124 valence electrons. The van der Waals surface area contributed by atoms with Crippen LogP contribution in [0.5, 0.6) is 0 Å². The molecule has 5 nitrogen and oxygen atoms in total. The number of anilines is 3. The first-order chi connectivity index (χ1) is 11.5. The van der Waals surface area contributed by atoms with Crippen LogP contribution < -0.4 is 15.5 Å². The van der Waals surface area contributed by atoms with Crippen LogP contribution in [0.25, 0.3) is 0 Å². The summed E-state index contributed by atoms with van der Waals surface area (Å²) in [4.78, 5) is 26.8. The Bertz CT molecular complexity index is 764. The number of fused-ring (bicyclic) bond motifs is 1. The third kappa shape index (κ3) is 3.54. The van der Waals surface area contributed by atoms with Crippen molar-refractivity contribution in [1.29, 1.82) is 0 Å². The Balaban J connectivity index is 1.70. The Morgan fingerprint density at radius 3 is 2.75 bits per heavy atom. The second-order valence-electron chi connectivity index (χ2n) is 5.65. The fourth-order valence-electron chi connectivity index (χ4n) is 2.55. The van der Waals surface area contributed by atoms with Crippen molar-refractivity contribution in [2.45, 2.75) is 17.9 Å². The normalized spacial score (nSPS) is 14.3. The largest absolute Gasteiger partial charge is 0.374 e. The lowest BCUT2D eigenvalue weighted by atomic mass is 10.2. The van der Waals surface area contributed by atoms with Gasteiger partial charge in [0.25, 0.3) is 0 Å². The minimum atomic E-state index is -0.389. The second-order valence-corrected chi connectivity index (χ2v) is 6.66. The first-order valence-corrected chi connectivity index (χ1v) is 8.69. The van der Waals surface area contributed by atoms with E-state index in [1.807, 2.05) is 55.5 Å². The van der Waals surface area contributed by atoms with Crippen LogP contribution in [0.1, 0.15) is 6.92 Å². The fourth-order valence-corrected chi connectivity index (χ4v) is 3.34. The van der Waals surface area contributed by atoms with Gasteiger partial charge in [-0.05, 0) is 37.3 Å². The molecule has 24 heavy (non-hydrogen) atoms. The number of nitrogens with one attached hydrogen (secondary N) is 2. The van der Waals surface area contributed by atoms with Gasteiger partial charge in [0.2, 0.25) is 11.8 Å². The Morgan fingerprint density at radius 1 is 1.25 bits per heavy atom. The van der Waals surface area contributed by atoms with Gasteiger partial charge in [-0.3, -0.25) is 9.59 Å². The Kier molecular flexibility index (Phi) is 4.76. The number of hydrogen-bond acceptors (Lipinski definition) is 4. The van der Waals surface area contributed by atoms with Crippen molar-refractivity contribution in [2.75, 3.05) is 28.3 Å². The number of carbonyl (C=O) groups excluding carboxylic acids is 2. The molecule has 0 aromatic heterocycles. The van der Waals surface area contributed by atoms with Crippen LogP contribution in [-0.4, -0.2) is 30.7 Å². The van der Waals surface area contributed by atoms with Gasteiger partial charge in [0.1, 0.15) is 6.04 Å². The molecule has 3 rings (SSSR count). The van der Waals surface area contributed by atoms with Crippen molar-refractivity contribution >= 4 is 40.6 Å². The predicted molar refractivity (Wildman–Crippen MR) is 98.7 cm³/mol. The van der Waals surface area contributed by atoms with E-state index in [4.69, 9.17) is 0 Å². The molecular weight excluding hydrogens is 322 g/mol. The summed E-state index contributed by atoms with van der Waals surface area (Å²) in [6, 6.07) is 14.9.